The summed E-state index contributed by atoms with van der Waals surface area (Å²) in [6.45, 7) is 15.0. The Morgan fingerprint density at radius 2 is 1.00 bits per heavy atom. The van der Waals surface area contributed by atoms with Gasteiger partial charge >= 0.3 is 11.4 Å². The minimum Gasteiger partial charge on any atom is -0.354 e. The van der Waals surface area contributed by atoms with E-state index in [1.54, 1.807) is 13.8 Å². The highest BCUT2D eigenvalue weighted by Crippen LogP contribution is 2.45. The standard InChI is InChI=1S/C34H32N6O4/c1-15-17(3)27-26(23-12-10-9-11-13-23)28-19(5)20(6)30(37-28)34(40(43)44)32-22(8)21(7)31(38-32)33(39(41)42)29-18(4)16(2)25(36-29)14-24(15)35-27/h9-14,35-36H,1-8H3. The van der Waals surface area contributed by atoms with Crippen LogP contribution in [0, 0.1) is 47.9 Å². The Morgan fingerprint density at radius 3 is 1.52 bits per heavy atom. The first kappa shape index (κ1) is 28.7. The van der Waals surface area contributed by atoms with Crippen LogP contribution in [0.1, 0.15) is 72.7 Å². The Kier molecular flexibility index (Phi) is 6.60. The van der Waals surface area contributed by atoms with Gasteiger partial charge in [0.2, 0.25) is 0 Å². The van der Waals surface area contributed by atoms with Gasteiger partial charge in [-0.15, -0.1) is 0 Å². The zero-order chi connectivity index (χ0) is 31.8. The maximum Gasteiger partial charge on any atom is 0.320 e. The summed E-state index contributed by atoms with van der Waals surface area (Å²) in [6.07, 6.45) is 0. The normalized spacial score (nSPS) is 13.2. The molecule has 44 heavy (non-hydrogen) atoms. The Morgan fingerprint density at radius 1 is 0.568 bits per heavy atom. The SMILES string of the molecule is CC1=C(C)c2nc1c([N+](=O)[O-])c1nc(c([N+](=O)[O-])c3[nH]c(cc4[nH]c(c(C)c4C)c2-c2ccccc2)c(C)c3C)C(C)=C1C. The van der Waals surface area contributed by atoms with Crippen LogP contribution in [0.25, 0.3) is 55.5 Å². The first-order valence-corrected chi connectivity index (χ1v) is 14.3. The smallest absolute Gasteiger partial charge is 0.320 e. The van der Waals surface area contributed by atoms with Crippen molar-refractivity contribution in [2.75, 3.05) is 0 Å². The van der Waals surface area contributed by atoms with E-state index in [0.29, 0.717) is 33.5 Å². The van der Waals surface area contributed by atoms with E-state index in [2.05, 4.69) is 15.0 Å². The molecule has 1 aromatic carbocycles. The number of aryl methyl sites for hydroxylation is 4. The quantitative estimate of drug-likeness (QED) is 0.181. The number of benzene rings is 1. The summed E-state index contributed by atoms with van der Waals surface area (Å²) in [4.78, 5) is 41.0. The molecular formula is C34H32N6O4. The van der Waals surface area contributed by atoms with Crippen molar-refractivity contribution in [2.24, 2.45) is 0 Å². The Hall–Kier alpha value is -5.38. The highest BCUT2D eigenvalue weighted by atomic mass is 16.6. The van der Waals surface area contributed by atoms with Crippen LogP contribution in [-0.2, 0) is 0 Å². The molecule has 0 aliphatic carbocycles. The Balaban J connectivity index is 1.99. The van der Waals surface area contributed by atoms with Gasteiger partial charge in [0.05, 0.1) is 21.1 Å². The number of H-pyrrole nitrogens is 2. The van der Waals surface area contributed by atoms with Crippen molar-refractivity contribution in [2.45, 2.75) is 55.4 Å². The third-order valence-corrected chi connectivity index (χ3v) is 9.31. The van der Waals surface area contributed by atoms with Crippen molar-refractivity contribution in [1.29, 1.82) is 0 Å². The van der Waals surface area contributed by atoms with Crippen molar-refractivity contribution in [3.05, 3.63) is 102 Å². The van der Waals surface area contributed by atoms with E-state index >= 15 is 0 Å². The number of nitrogens with one attached hydrogen (secondary N) is 2. The number of allylic oxidation sites excluding steroid dienone is 4. The fourth-order valence-electron chi connectivity index (χ4n) is 6.13. The van der Waals surface area contributed by atoms with Gasteiger partial charge in [0, 0.05) is 16.6 Å². The van der Waals surface area contributed by atoms with Crippen LogP contribution in [0.3, 0.4) is 0 Å². The van der Waals surface area contributed by atoms with Gasteiger partial charge in [0.15, 0.2) is 0 Å². The molecule has 5 heterocycles. The fourth-order valence-corrected chi connectivity index (χ4v) is 6.13. The summed E-state index contributed by atoms with van der Waals surface area (Å²) in [7, 11) is 0. The molecule has 0 fully saturated rings. The van der Waals surface area contributed by atoms with Crippen LogP contribution < -0.4 is 0 Å². The van der Waals surface area contributed by atoms with Gasteiger partial charge in [0.1, 0.15) is 22.6 Å². The summed E-state index contributed by atoms with van der Waals surface area (Å²) in [5.74, 6) is 0. The van der Waals surface area contributed by atoms with E-state index in [0.717, 1.165) is 49.9 Å². The highest BCUT2D eigenvalue weighted by Gasteiger charge is 2.34. The van der Waals surface area contributed by atoms with Crippen molar-refractivity contribution < 1.29 is 9.85 Å². The van der Waals surface area contributed by atoms with E-state index in [-0.39, 0.29) is 28.5 Å². The second kappa shape index (κ2) is 10.1. The lowest BCUT2D eigenvalue weighted by Gasteiger charge is -2.07. The average Bonchev–Trinajstić information content (AvgIpc) is 3.63. The largest absolute Gasteiger partial charge is 0.354 e. The number of hydrogen-bond acceptors (Lipinski definition) is 6. The molecule has 2 N–H and O–H groups in total. The van der Waals surface area contributed by atoms with Gasteiger partial charge in [0.25, 0.3) is 0 Å². The van der Waals surface area contributed by atoms with E-state index < -0.39 is 9.85 Å². The van der Waals surface area contributed by atoms with E-state index in [1.165, 1.54) is 0 Å². The molecule has 10 nitrogen and oxygen atoms in total. The number of aromatic nitrogens is 4. The number of fused-ring (bicyclic) bond motifs is 8. The molecule has 3 aromatic heterocycles. The lowest BCUT2D eigenvalue weighted by Crippen LogP contribution is -1.98. The number of nitro groups is 2. The fraction of sp³-hybridized carbons (Fsp3) is 0.235. The maximum atomic E-state index is 12.8. The summed E-state index contributed by atoms with van der Waals surface area (Å²) in [6, 6.07) is 11.8. The van der Waals surface area contributed by atoms with Gasteiger partial charge in [-0.05, 0) is 112 Å². The molecule has 222 valence electrons. The molecule has 10 heteroatoms. The summed E-state index contributed by atoms with van der Waals surface area (Å²) in [5, 5.41) is 25.5. The second-order valence-electron chi connectivity index (χ2n) is 11.5. The van der Waals surface area contributed by atoms with E-state index in [1.807, 2.05) is 77.9 Å². The molecule has 4 aromatic rings. The Bertz CT molecular complexity index is 2200. The number of nitrogens with zero attached hydrogens (tertiary/aromatic N) is 4. The molecule has 0 saturated carbocycles. The summed E-state index contributed by atoms with van der Waals surface area (Å²) in [5.41, 5.74) is 11.0. The monoisotopic (exact) mass is 588 g/mol. The van der Waals surface area contributed by atoms with E-state index in [9.17, 15) is 20.2 Å². The van der Waals surface area contributed by atoms with Crippen molar-refractivity contribution >= 4 is 55.7 Å². The molecule has 8 bridgehead atoms. The van der Waals surface area contributed by atoms with Crippen LogP contribution in [0.2, 0.25) is 0 Å². The maximum absolute atomic E-state index is 12.8. The number of aromatic amines is 2. The van der Waals surface area contributed by atoms with Crippen LogP contribution >= 0.6 is 0 Å². The first-order chi connectivity index (χ1) is 20.8. The molecule has 0 atom stereocenters. The molecule has 6 rings (SSSR count). The zero-order valence-corrected chi connectivity index (χ0v) is 25.9. The molecule has 2 aliphatic heterocycles. The zero-order valence-electron chi connectivity index (χ0n) is 25.9. The van der Waals surface area contributed by atoms with Crippen molar-refractivity contribution in [1.82, 2.24) is 19.9 Å². The third-order valence-electron chi connectivity index (χ3n) is 9.31. The van der Waals surface area contributed by atoms with Crippen LogP contribution in [0.4, 0.5) is 11.4 Å². The molecule has 0 amide bonds. The first-order valence-electron chi connectivity index (χ1n) is 14.3. The molecule has 2 aliphatic rings. The molecular weight excluding hydrogens is 556 g/mol. The Labute approximate surface area is 253 Å². The van der Waals surface area contributed by atoms with Crippen molar-refractivity contribution in [3.8, 4) is 11.1 Å². The van der Waals surface area contributed by atoms with Crippen LogP contribution in [-0.4, -0.2) is 29.8 Å². The van der Waals surface area contributed by atoms with Crippen LogP contribution in [0.15, 0.2) is 36.4 Å². The van der Waals surface area contributed by atoms with Gasteiger partial charge in [-0.1, -0.05) is 30.3 Å². The van der Waals surface area contributed by atoms with Gasteiger partial charge in [-0.2, -0.15) is 0 Å². The lowest BCUT2D eigenvalue weighted by atomic mass is 9.97. The van der Waals surface area contributed by atoms with Gasteiger partial charge in [-0.25, -0.2) is 9.97 Å². The average molecular weight is 589 g/mol. The summed E-state index contributed by atoms with van der Waals surface area (Å²) >= 11 is 0. The van der Waals surface area contributed by atoms with Crippen molar-refractivity contribution in [3.63, 3.8) is 0 Å². The molecule has 0 unspecified atom stereocenters. The number of hydrogen-bond donors (Lipinski definition) is 2. The van der Waals surface area contributed by atoms with Crippen LogP contribution in [0.5, 0.6) is 0 Å². The predicted molar refractivity (Wildman–Crippen MR) is 175 cm³/mol. The highest BCUT2D eigenvalue weighted by molar-refractivity contribution is 6.03. The molecule has 0 spiro atoms. The minimum atomic E-state index is -0.479. The third kappa shape index (κ3) is 4.09. The number of rotatable bonds is 3. The van der Waals surface area contributed by atoms with E-state index in [4.69, 9.17) is 4.98 Å². The topological polar surface area (TPSA) is 144 Å². The van der Waals surface area contributed by atoms with Gasteiger partial charge < -0.3 is 9.97 Å². The second-order valence-corrected chi connectivity index (χ2v) is 11.5. The van der Waals surface area contributed by atoms with Gasteiger partial charge in [-0.3, -0.25) is 20.2 Å². The minimum absolute atomic E-state index is 0.0734. The summed E-state index contributed by atoms with van der Waals surface area (Å²) < 4.78 is 0. The molecule has 0 saturated heterocycles. The molecule has 0 radical (unpaired) electrons. The lowest BCUT2D eigenvalue weighted by molar-refractivity contribution is -0.385. The predicted octanol–water partition coefficient (Wildman–Crippen LogP) is 8.93.